The van der Waals surface area contributed by atoms with Crippen molar-refractivity contribution in [1.82, 2.24) is 5.01 Å². The minimum atomic E-state index is -0.935. The predicted octanol–water partition coefficient (Wildman–Crippen LogP) is 4.34. The molecule has 0 unspecified atom stereocenters. The predicted molar refractivity (Wildman–Crippen MR) is 133 cm³/mol. The Morgan fingerprint density at radius 1 is 1.00 bits per heavy atom. The molecular weight excluding hydrogens is 460 g/mol. The SMILES string of the molecule is COc1ccc([C@@H]2CC(c3ccccc3)=NN2C(=O)COC(=O)c2cc3ccccc3oc2=O)cc1. The topological polar surface area (TPSA) is 98.4 Å². The first-order valence-electron chi connectivity index (χ1n) is 11.3. The van der Waals surface area contributed by atoms with Gasteiger partial charge >= 0.3 is 11.6 Å². The molecule has 0 bridgehead atoms. The number of hydrogen-bond donors (Lipinski definition) is 0. The van der Waals surface area contributed by atoms with Gasteiger partial charge in [-0.15, -0.1) is 0 Å². The molecule has 0 saturated heterocycles. The molecule has 0 saturated carbocycles. The fraction of sp³-hybridized carbons (Fsp3) is 0.143. The molecule has 3 aromatic carbocycles. The number of hydrogen-bond acceptors (Lipinski definition) is 7. The van der Waals surface area contributed by atoms with Gasteiger partial charge in [0.15, 0.2) is 6.61 Å². The van der Waals surface area contributed by atoms with E-state index in [4.69, 9.17) is 13.9 Å². The third-order valence-corrected chi connectivity index (χ3v) is 5.96. The molecule has 8 heteroatoms. The van der Waals surface area contributed by atoms with Crippen LogP contribution < -0.4 is 10.4 Å². The summed E-state index contributed by atoms with van der Waals surface area (Å²) in [6.07, 6.45) is 0.490. The highest BCUT2D eigenvalue weighted by Gasteiger charge is 2.33. The lowest BCUT2D eigenvalue weighted by molar-refractivity contribution is -0.136. The number of ether oxygens (including phenoxy) is 2. The van der Waals surface area contributed by atoms with Crippen LogP contribution in [0, 0.1) is 0 Å². The summed E-state index contributed by atoms with van der Waals surface area (Å²) in [7, 11) is 1.58. The Morgan fingerprint density at radius 3 is 2.47 bits per heavy atom. The van der Waals surface area contributed by atoms with E-state index in [1.54, 1.807) is 31.4 Å². The lowest BCUT2D eigenvalue weighted by atomic mass is 9.98. The summed E-state index contributed by atoms with van der Waals surface area (Å²) in [5.41, 5.74) is 1.76. The summed E-state index contributed by atoms with van der Waals surface area (Å²) in [5.74, 6) is -0.752. The first-order valence-corrected chi connectivity index (χ1v) is 11.3. The summed E-state index contributed by atoms with van der Waals surface area (Å²) in [6.45, 7) is -0.580. The van der Waals surface area contributed by atoms with Gasteiger partial charge in [-0.05, 0) is 35.4 Å². The molecule has 2 heterocycles. The molecule has 1 amide bonds. The maximum atomic E-state index is 13.2. The van der Waals surface area contributed by atoms with Gasteiger partial charge < -0.3 is 13.9 Å². The standard InChI is InChI=1S/C28H22N2O6/c1-34-21-13-11-19(12-14-21)24-16-23(18-7-3-2-4-8-18)29-30(24)26(31)17-35-27(32)22-15-20-9-5-6-10-25(20)36-28(22)33/h2-15,24H,16-17H2,1H3/t24-/m0/s1. The van der Waals surface area contributed by atoms with Crippen molar-refractivity contribution in [3.63, 3.8) is 0 Å². The second kappa shape index (κ2) is 9.87. The van der Waals surface area contributed by atoms with Gasteiger partial charge in [-0.1, -0.05) is 60.7 Å². The number of methoxy groups -OCH3 is 1. The molecule has 0 fully saturated rings. The van der Waals surface area contributed by atoms with Crippen LogP contribution in [0.25, 0.3) is 11.0 Å². The van der Waals surface area contributed by atoms with Crippen LogP contribution >= 0.6 is 0 Å². The van der Waals surface area contributed by atoms with E-state index in [0.717, 1.165) is 16.8 Å². The largest absolute Gasteiger partial charge is 0.497 e. The Morgan fingerprint density at radius 2 is 1.72 bits per heavy atom. The van der Waals surface area contributed by atoms with Gasteiger partial charge in [0, 0.05) is 11.8 Å². The lowest BCUT2D eigenvalue weighted by Crippen LogP contribution is -2.32. The number of para-hydroxylation sites is 1. The molecule has 5 rings (SSSR count). The number of rotatable bonds is 6. The third-order valence-electron chi connectivity index (χ3n) is 5.96. The molecule has 0 radical (unpaired) electrons. The van der Waals surface area contributed by atoms with Crippen LogP contribution in [-0.2, 0) is 9.53 Å². The van der Waals surface area contributed by atoms with E-state index in [-0.39, 0.29) is 11.6 Å². The maximum absolute atomic E-state index is 13.2. The first-order chi connectivity index (χ1) is 17.5. The van der Waals surface area contributed by atoms with Crippen LogP contribution in [0.4, 0.5) is 0 Å². The summed E-state index contributed by atoms with van der Waals surface area (Å²) in [5, 5.41) is 6.47. The van der Waals surface area contributed by atoms with E-state index in [9.17, 15) is 14.4 Å². The molecule has 1 aliphatic heterocycles. The van der Waals surface area contributed by atoms with E-state index in [1.165, 1.54) is 11.1 Å². The molecule has 0 N–H and O–H groups in total. The highest BCUT2D eigenvalue weighted by Crippen LogP contribution is 2.33. The van der Waals surface area contributed by atoms with E-state index >= 15 is 0 Å². The number of hydrazone groups is 1. The van der Waals surface area contributed by atoms with E-state index in [0.29, 0.717) is 23.1 Å². The quantitative estimate of drug-likeness (QED) is 0.300. The molecule has 0 aliphatic carbocycles. The van der Waals surface area contributed by atoms with Crippen molar-refractivity contribution in [2.45, 2.75) is 12.5 Å². The lowest BCUT2D eigenvalue weighted by Gasteiger charge is -2.22. The minimum Gasteiger partial charge on any atom is -0.497 e. The van der Waals surface area contributed by atoms with Crippen LogP contribution in [-0.4, -0.2) is 36.3 Å². The Hall–Kier alpha value is -4.72. The van der Waals surface area contributed by atoms with Crippen molar-refractivity contribution in [2.75, 3.05) is 13.7 Å². The Balaban J connectivity index is 1.37. The van der Waals surface area contributed by atoms with Gasteiger partial charge in [-0.25, -0.2) is 14.6 Å². The molecule has 1 aromatic heterocycles. The smallest absolute Gasteiger partial charge is 0.351 e. The Labute approximate surface area is 206 Å². The molecule has 1 aliphatic rings. The van der Waals surface area contributed by atoms with Crippen molar-refractivity contribution in [1.29, 1.82) is 0 Å². The fourth-order valence-electron chi connectivity index (χ4n) is 4.11. The molecule has 36 heavy (non-hydrogen) atoms. The summed E-state index contributed by atoms with van der Waals surface area (Å²) >= 11 is 0. The molecular formula is C28H22N2O6. The average Bonchev–Trinajstić information content (AvgIpc) is 3.37. The van der Waals surface area contributed by atoms with Crippen LogP contribution in [0.5, 0.6) is 5.75 Å². The second-order valence-electron chi connectivity index (χ2n) is 8.21. The third kappa shape index (κ3) is 4.61. The number of fused-ring (bicyclic) bond motifs is 1. The number of amides is 1. The Bertz CT molecular complexity index is 1510. The molecule has 8 nitrogen and oxygen atoms in total. The van der Waals surface area contributed by atoms with Gasteiger partial charge in [0.05, 0.1) is 18.9 Å². The van der Waals surface area contributed by atoms with E-state index in [2.05, 4.69) is 5.10 Å². The normalized spacial score (nSPS) is 15.0. The first kappa shape index (κ1) is 23.0. The van der Waals surface area contributed by atoms with E-state index in [1.807, 2.05) is 54.6 Å². The Kier molecular flexibility index (Phi) is 6.32. The van der Waals surface area contributed by atoms with E-state index < -0.39 is 24.1 Å². The maximum Gasteiger partial charge on any atom is 0.351 e. The van der Waals surface area contributed by atoms with Crippen LogP contribution in [0.2, 0.25) is 0 Å². The second-order valence-corrected chi connectivity index (χ2v) is 8.21. The van der Waals surface area contributed by atoms with Crippen molar-refractivity contribution in [3.05, 3.63) is 112 Å². The van der Waals surface area contributed by atoms with Crippen molar-refractivity contribution >= 4 is 28.6 Å². The van der Waals surface area contributed by atoms with Crippen LogP contribution in [0.15, 0.2) is 99.2 Å². The summed E-state index contributed by atoms with van der Waals surface area (Å²) < 4.78 is 15.6. The highest BCUT2D eigenvalue weighted by atomic mass is 16.5. The van der Waals surface area contributed by atoms with Gasteiger partial charge in [-0.2, -0.15) is 5.10 Å². The monoisotopic (exact) mass is 482 g/mol. The summed E-state index contributed by atoms with van der Waals surface area (Å²) in [4.78, 5) is 38.1. The van der Waals surface area contributed by atoms with Crippen LogP contribution in [0.1, 0.15) is 33.9 Å². The number of benzene rings is 3. The van der Waals surface area contributed by atoms with Crippen LogP contribution in [0.3, 0.4) is 0 Å². The summed E-state index contributed by atoms with van der Waals surface area (Å²) in [6, 6.07) is 24.8. The molecule has 1 atom stereocenters. The van der Waals surface area contributed by atoms with Crippen molar-refractivity contribution < 1.29 is 23.5 Å². The van der Waals surface area contributed by atoms with Gasteiger partial charge in [0.2, 0.25) is 0 Å². The molecule has 4 aromatic rings. The number of esters is 1. The average molecular weight is 482 g/mol. The van der Waals surface area contributed by atoms with Gasteiger partial charge in [0.1, 0.15) is 16.9 Å². The zero-order valence-corrected chi connectivity index (χ0v) is 19.4. The van der Waals surface area contributed by atoms with Gasteiger partial charge in [-0.3, -0.25) is 4.79 Å². The zero-order chi connectivity index (χ0) is 25.1. The zero-order valence-electron chi connectivity index (χ0n) is 19.4. The molecule has 0 spiro atoms. The fourth-order valence-corrected chi connectivity index (χ4v) is 4.11. The van der Waals surface area contributed by atoms with Gasteiger partial charge in [0.25, 0.3) is 5.91 Å². The highest BCUT2D eigenvalue weighted by molar-refractivity contribution is 6.03. The van der Waals surface area contributed by atoms with Crippen molar-refractivity contribution in [2.24, 2.45) is 5.10 Å². The van der Waals surface area contributed by atoms with Crippen molar-refractivity contribution in [3.8, 4) is 5.75 Å². The number of carbonyl (C=O) groups excluding carboxylic acids is 2. The number of nitrogens with zero attached hydrogens (tertiary/aromatic N) is 2. The number of carbonyl (C=O) groups is 2. The molecule has 180 valence electrons. The minimum absolute atomic E-state index is 0.275.